The highest BCUT2D eigenvalue weighted by molar-refractivity contribution is 14.1. The van der Waals surface area contributed by atoms with Gasteiger partial charge in [-0.25, -0.2) is 9.97 Å². The van der Waals surface area contributed by atoms with Gasteiger partial charge in [-0.15, -0.1) is 0 Å². The molecule has 0 saturated heterocycles. The van der Waals surface area contributed by atoms with Crippen LogP contribution in [0.3, 0.4) is 0 Å². The van der Waals surface area contributed by atoms with Crippen LogP contribution in [0.2, 0.25) is 0 Å². The second kappa shape index (κ2) is 7.54. The number of methoxy groups -OCH3 is 1. The number of anilines is 1. The lowest BCUT2D eigenvalue weighted by atomic mass is 9.93. The summed E-state index contributed by atoms with van der Waals surface area (Å²) in [6.45, 7) is 3.09. The summed E-state index contributed by atoms with van der Waals surface area (Å²) >= 11 is 2.28. The smallest absolute Gasteiger partial charge is 0.162 e. The van der Waals surface area contributed by atoms with Crippen molar-refractivity contribution in [1.82, 2.24) is 9.97 Å². The number of halogens is 1. The van der Waals surface area contributed by atoms with Gasteiger partial charge in [-0.1, -0.05) is 32.6 Å². The topological polar surface area (TPSA) is 47.0 Å². The summed E-state index contributed by atoms with van der Waals surface area (Å²) in [6.07, 6.45) is 10.0. The van der Waals surface area contributed by atoms with Crippen LogP contribution in [0.1, 0.15) is 57.7 Å². The summed E-state index contributed by atoms with van der Waals surface area (Å²) in [4.78, 5) is 9.34. The van der Waals surface area contributed by atoms with Crippen LogP contribution in [-0.2, 0) is 10.3 Å². The molecule has 2 rings (SSSR count). The molecule has 1 N–H and O–H groups in total. The molecule has 0 amide bonds. The lowest BCUT2D eigenvalue weighted by Crippen LogP contribution is -2.31. The van der Waals surface area contributed by atoms with Crippen molar-refractivity contribution in [2.75, 3.05) is 19.0 Å². The molecular formula is C15H24IN3O. The first-order valence-electron chi connectivity index (χ1n) is 7.54. The quantitative estimate of drug-likeness (QED) is 0.609. The maximum Gasteiger partial charge on any atom is 0.162 e. The second-order valence-corrected chi connectivity index (χ2v) is 6.59. The Labute approximate surface area is 135 Å². The van der Waals surface area contributed by atoms with E-state index in [-0.39, 0.29) is 5.60 Å². The van der Waals surface area contributed by atoms with Crippen molar-refractivity contribution < 1.29 is 4.74 Å². The molecule has 1 saturated carbocycles. The Bertz CT molecular complexity index is 431. The number of hydrogen-bond donors (Lipinski definition) is 1. The third kappa shape index (κ3) is 3.61. The Hall–Kier alpha value is -0.430. The van der Waals surface area contributed by atoms with Gasteiger partial charge in [-0.3, -0.25) is 0 Å². The molecule has 0 aromatic carbocycles. The van der Waals surface area contributed by atoms with E-state index in [1.165, 1.54) is 25.7 Å². The molecule has 0 atom stereocenters. The molecule has 1 aromatic rings. The van der Waals surface area contributed by atoms with Gasteiger partial charge >= 0.3 is 0 Å². The zero-order valence-electron chi connectivity index (χ0n) is 12.4. The standard InChI is InChI=1S/C15H24IN3O/c1-3-10-17-13-12(16)11-18-14(19-13)15(20-2)8-6-4-5-7-9-15/h11H,3-10H2,1-2H3,(H,17,18,19). The molecule has 4 nitrogen and oxygen atoms in total. The SMILES string of the molecule is CCCNc1nc(C2(OC)CCCCCC2)ncc1I. The van der Waals surface area contributed by atoms with Crippen molar-refractivity contribution in [2.45, 2.75) is 57.5 Å². The fourth-order valence-corrected chi connectivity index (χ4v) is 3.22. The Morgan fingerprint density at radius 2 is 2.00 bits per heavy atom. The fraction of sp³-hybridized carbons (Fsp3) is 0.733. The normalized spacial score (nSPS) is 18.6. The van der Waals surface area contributed by atoms with Crippen LogP contribution in [0.25, 0.3) is 0 Å². The van der Waals surface area contributed by atoms with Gasteiger partial charge in [0, 0.05) is 19.9 Å². The first-order valence-corrected chi connectivity index (χ1v) is 8.62. The minimum atomic E-state index is -0.288. The van der Waals surface area contributed by atoms with Gasteiger partial charge < -0.3 is 10.1 Å². The number of rotatable bonds is 5. The molecule has 112 valence electrons. The number of hydrogen-bond acceptors (Lipinski definition) is 4. The van der Waals surface area contributed by atoms with Crippen LogP contribution >= 0.6 is 22.6 Å². The Morgan fingerprint density at radius 1 is 1.30 bits per heavy atom. The molecule has 1 fully saturated rings. The van der Waals surface area contributed by atoms with Crippen LogP contribution in [0, 0.1) is 3.57 Å². The number of aromatic nitrogens is 2. The van der Waals surface area contributed by atoms with Crippen LogP contribution in [0.4, 0.5) is 5.82 Å². The molecule has 0 radical (unpaired) electrons. The predicted octanol–water partition coefficient (Wildman–Crippen LogP) is 4.10. The summed E-state index contributed by atoms with van der Waals surface area (Å²) in [5.41, 5.74) is -0.288. The molecule has 1 aliphatic carbocycles. The van der Waals surface area contributed by atoms with Gasteiger partial charge in [-0.05, 0) is 41.9 Å². The molecule has 1 heterocycles. The van der Waals surface area contributed by atoms with E-state index in [4.69, 9.17) is 9.72 Å². The van der Waals surface area contributed by atoms with Gasteiger partial charge in [0.2, 0.25) is 0 Å². The van der Waals surface area contributed by atoms with Crippen molar-refractivity contribution in [1.29, 1.82) is 0 Å². The fourth-order valence-electron chi connectivity index (χ4n) is 2.77. The first-order chi connectivity index (χ1) is 9.72. The average molecular weight is 389 g/mol. The van der Waals surface area contributed by atoms with E-state index in [0.717, 1.165) is 41.0 Å². The minimum Gasteiger partial charge on any atom is -0.370 e. The van der Waals surface area contributed by atoms with Crippen molar-refractivity contribution in [3.05, 3.63) is 15.6 Å². The Kier molecular flexibility index (Phi) is 6.01. The van der Waals surface area contributed by atoms with Gasteiger partial charge in [-0.2, -0.15) is 0 Å². The summed E-state index contributed by atoms with van der Waals surface area (Å²) in [5.74, 6) is 1.79. The maximum absolute atomic E-state index is 5.89. The van der Waals surface area contributed by atoms with Gasteiger partial charge in [0.25, 0.3) is 0 Å². The molecule has 0 spiro atoms. The lowest BCUT2D eigenvalue weighted by molar-refractivity contribution is -0.0350. The van der Waals surface area contributed by atoms with Crippen molar-refractivity contribution in [3.8, 4) is 0 Å². The van der Waals surface area contributed by atoms with Crippen LogP contribution in [0.5, 0.6) is 0 Å². The monoisotopic (exact) mass is 389 g/mol. The molecule has 1 aromatic heterocycles. The summed E-state index contributed by atoms with van der Waals surface area (Å²) in [7, 11) is 1.80. The highest BCUT2D eigenvalue weighted by atomic mass is 127. The first kappa shape index (κ1) is 15.9. The second-order valence-electron chi connectivity index (χ2n) is 5.43. The van der Waals surface area contributed by atoms with Gasteiger partial charge in [0.1, 0.15) is 11.4 Å². The molecule has 0 aliphatic heterocycles. The van der Waals surface area contributed by atoms with E-state index >= 15 is 0 Å². The largest absolute Gasteiger partial charge is 0.370 e. The highest BCUT2D eigenvalue weighted by Gasteiger charge is 2.36. The average Bonchev–Trinajstić information content (AvgIpc) is 2.73. The summed E-state index contributed by atoms with van der Waals surface area (Å²) in [6, 6.07) is 0. The molecule has 5 heteroatoms. The van der Waals surface area contributed by atoms with Crippen LogP contribution in [0.15, 0.2) is 6.20 Å². The van der Waals surface area contributed by atoms with Gasteiger partial charge in [0.15, 0.2) is 5.82 Å². The number of nitrogens with zero attached hydrogens (tertiary/aromatic N) is 2. The van der Waals surface area contributed by atoms with E-state index in [9.17, 15) is 0 Å². The van der Waals surface area contributed by atoms with E-state index in [2.05, 4.69) is 39.8 Å². The number of nitrogens with one attached hydrogen (secondary N) is 1. The Balaban J connectivity index is 2.28. The van der Waals surface area contributed by atoms with E-state index in [1.54, 1.807) is 7.11 Å². The number of ether oxygens (including phenoxy) is 1. The molecule has 0 bridgehead atoms. The van der Waals surface area contributed by atoms with Crippen LogP contribution in [-0.4, -0.2) is 23.6 Å². The van der Waals surface area contributed by atoms with Crippen molar-refractivity contribution in [3.63, 3.8) is 0 Å². The lowest BCUT2D eigenvalue weighted by Gasteiger charge is -2.30. The van der Waals surface area contributed by atoms with E-state index < -0.39 is 0 Å². The Morgan fingerprint density at radius 3 is 2.60 bits per heavy atom. The van der Waals surface area contributed by atoms with Gasteiger partial charge in [0.05, 0.1) is 3.57 Å². The molecule has 1 aliphatic rings. The third-order valence-electron chi connectivity index (χ3n) is 4.00. The van der Waals surface area contributed by atoms with E-state index in [0.29, 0.717) is 0 Å². The predicted molar refractivity (Wildman–Crippen MR) is 89.9 cm³/mol. The van der Waals surface area contributed by atoms with E-state index in [1.807, 2.05) is 6.20 Å². The summed E-state index contributed by atoms with van der Waals surface area (Å²) < 4.78 is 6.96. The van der Waals surface area contributed by atoms with Crippen molar-refractivity contribution >= 4 is 28.4 Å². The minimum absolute atomic E-state index is 0.288. The van der Waals surface area contributed by atoms with Crippen LogP contribution < -0.4 is 5.32 Å². The summed E-state index contributed by atoms with van der Waals surface area (Å²) in [5, 5.41) is 3.38. The highest BCUT2D eigenvalue weighted by Crippen LogP contribution is 2.37. The molecular weight excluding hydrogens is 365 g/mol. The zero-order valence-corrected chi connectivity index (χ0v) is 14.6. The zero-order chi connectivity index (χ0) is 14.4. The third-order valence-corrected chi connectivity index (χ3v) is 4.79. The maximum atomic E-state index is 5.89. The van der Waals surface area contributed by atoms with Crippen molar-refractivity contribution in [2.24, 2.45) is 0 Å². The molecule has 20 heavy (non-hydrogen) atoms. The molecule has 0 unspecified atom stereocenters.